The fourth-order valence-electron chi connectivity index (χ4n) is 3.24. The Morgan fingerprint density at radius 1 is 0.964 bits per heavy atom. The van der Waals surface area contributed by atoms with Crippen LogP contribution in [0.2, 0.25) is 0 Å². The third-order valence-corrected chi connectivity index (χ3v) is 7.71. The minimum Gasteiger partial charge on any atom is -0.306 e. The average molecular weight is 418 g/mol. The van der Waals surface area contributed by atoms with Crippen LogP contribution in [0.4, 0.5) is 10.5 Å². The summed E-state index contributed by atoms with van der Waals surface area (Å²) in [6.07, 6.45) is 2.79. The molecule has 0 spiro atoms. The van der Waals surface area contributed by atoms with Gasteiger partial charge in [-0.05, 0) is 60.8 Å². The Kier molecular flexibility index (Phi) is 5.05. The molecule has 0 saturated carbocycles. The molecule has 3 aromatic rings. The van der Waals surface area contributed by atoms with E-state index in [1.807, 2.05) is 6.07 Å². The van der Waals surface area contributed by atoms with E-state index in [9.17, 15) is 18.0 Å². The fourth-order valence-corrected chi connectivity index (χ4v) is 5.66. The van der Waals surface area contributed by atoms with Gasteiger partial charge in [-0.1, -0.05) is 18.6 Å². The van der Waals surface area contributed by atoms with Crippen LogP contribution in [0.1, 0.15) is 19.3 Å². The van der Waals surface area contributed by atoms with E-state index in [2.05, 4.69) is 5.32 Å². The van der Waals surface area contributed by atoms with Crippen molar-refractivity contribution in [2.24, 2.45) is 0 Å². The summed E-state index contributed by atoms with van der Waals surface area (Å²) < 4.78 is 28.6. The summed E-state index contributed by atoms with van der Waals surface area (Å²) in [6.45, 7) is 1.07. The van der Waals surface area contributed by atoms with Crippen molar-refractivity contribution in [3.63, 3.8) is 0 Å². The van der Waals surface area contributed by atoms with Gasteiger partial charge in [-0.25, -0.2) is 13.2 Å². The molecule has 1 amide bonds. The molecule has 0 atom stereocenters. The lowest BCUT2D eigenvalue weighted by Gasteiger charge is -2.25. The van der Waals surface area contributed by atoms with Gasteiger partial charge in [-0.3, -0.25) is 4.79 Å². The van der Waals surface area contributed by atoms with Crippen LogP contribution >= 0.6 is 11.5 Å². The van der Waals surface area contributed by atoms with Crippen molar-refractivity contribution in [2.75, 3.05) is 18.4 Å². The number of nitrogens with zero attached hydrogens (tertiary/aromatic N) is 2. The second kappa shape index (κ2) is 7.50. The summed E-state index contributed by atoms with van der Waals surface area (Å²) in [4.78, 5) is 25.0. The minimum atomic E-state index is -3.52. The van der Waals surface area contributed by atoms with Crippen LogP contribution in [-0.4, -0.2) is 35.8 Å². The summed E-state index contributed by atoms with van der Waals surface area (Å²) in [5, 5.41) is 3.14. The number of aromatic nitrogens is 1. The maximum absolute atomic E-state index is 12.7. The van der Waals surface area contributed by atoms with Crippen LogP contribution in [0.5, 0.6) is 0 Å². The Bertz CT molecular complexity index is 1170. The van der Waals surface area contributed by atoms with Crippen LogP contribution in [0.15, 0.2) is 58.2 Å². The van der Waals surface area contributed by atoms with Crippen molar-refractivity contribution >= 4 is 43.4 Å². The number of piperidine rings is 1. The van der Waals surface area contributed by atoms with E-state index >= 15 is 0 Å². The first-order valence-electron chi connectivity index (χ1n) is 8.99. The third-order valence-electron chi connectivity index (χ3n) is 4.73. The van der Waals surface area contributed by atoms with Gasteiger partial charge in [0.05, 0.1) is 15.0 Å². The van der Waals surface area contributed by atoms with Gasteiger partial charge in [0.1, 0.15) is 0 Å². The van der Waals surface area contributed by atoms with Gasteiger partial charge in [-0.2, -0.15) is 8.26 Å². The number of carbonyl (C=O) groups is 1. The molecule has 7 nitrogen and oxygen atoms in total. The van der Waals surface area contributed by atoms with Gasteiger partial charge in [0.2, 0.25) is 10.0 Å². The molecule has 28 heavy (non-hydrogen) atoms. The molecule has 2 heterocycles. The molecule has 9 heteroatoms. The number of fused-ring (bicyclic) bond motifs is 1. The van der Waals surface area contributed by atoms with Crippen molar-refractivity contribution in [1.29, 1.82) is 0 Å². The first kappa shape index (κ1) is 18.9. The van der Waals surface area contributed by atoms with Gasteiger partial charge in [0, 0.05) is 18.8 Å². The molecule has 1 aliphatic heterocycles. The summed E-state index contributed by atoms with van der Waals surface area (Å²) in [5.41, 5.74) is 0.0503. The van der Waals surface area contributed by atoms with E-state index in [4.69, 9.17) is 0 Å². The molecule has 1 saturated heterocycles. The van der Waals surface area contributed by atoms with E-state index in [1.54, 1.807) is 18.2 Å². The first-order chi connectivity index (χ1) is 13.5. The quantitative estimate of drug-likeness (QED) is 0.708. The Morgan fingerprint density at radius 3 is 2.32 bits per heavy atom. The summed E-state index contributed by atoms with van der Waals surface area (Å²) in [6, 6.07) is 12.5. The maximum atomic E-state index is 12.7. The highest BCUT2D eigenvalue weighted by Gasteiger charge is 2.25. The van der Waals surface area contributed by atoms with E-state index in [0.717, 1.165) is 39.5 Å². The molecule has 1 N–H and O–H groups in total. The zero-order valence-electron chi connectivity index (χ0n) is 15.0. The van der Waals surface area contributed by atoms with Crippen LogP contribution in [0.3, 0.4) is 0 Å². The smallest absolute Gasteiger partial charge is 0.306 e. The molecule has 0 bridgehead atoms. The lowest BCUT2D eigenvalue weighted by molar-refractivity contribution is 0.255. The van der Waals surface area contributed by atoms with Gasteiger partial charge in [0.25, 0.3) is 5.56 Å². The Balaban J connectivity index is 1.53. The molecule has 4 rings (SSSR count). The van der Waals surface area contributed by atoms with Gasteiger partial charge in [-0.15, -0.1) is 0 Å². The van der Waals surface area contributed by atoms with Gasteiger partial charge in [0.15, 0.2) is 0 Å². The van der Waals surface area contributed by atoms with Crippen LogP contribution in [0.25, 0.3) is 10.1 Å². The topological polar surface area (TPSA) is 88.5 Å². The highest BCUT2D eigenvalue weighted by Crippen LogP contribution is 2.22. The molecular formula is C19H19N3O4S2. The number of anilines is 1. The molecule has 2 aromatic carbocycles. The lowest BCUT2D eigenvalue weighted by atomic mass is 10.2. The Morgan fingerprint density at radius 2 is 1.64 bits per heavy atom. The highest BCUT2D eigenvalue weighted by molar-refractivity contribution is 7.89. The van der Waals surface area contributed by atoms with Crippen molar-refractivity contribution < 1.29 is 13.2 Å². The largest absolute Gasteiger partial charge is 0.342 e. The normalized spacial score (nSPS) is 15.6. The van der Waals surface area contributed by atoms with Crippen molar-refractivity contribution in [1.82, 2.24) is 8.26 Å². The summed E-state index contributed by atoms with van der Waals surface area (Å²) >= 11 is 1.07. The number of amides is 1. The number of rotatable bonds is 3. The Labute approximate surface area is 166 Å². The maximum Gasteiger partial charge on any atom is 0.342 e. The van der Waals surface area contributed by atoms with E-state index in [1.165, 1.54) is 28.6 Å². The van der Waals surface area contributed by atoms with Gasteiger partial charge < -0.3 is 5.32 Å². The zero-order chi connectivity index (χ0) is 19.7. The van der Waals surface area contributed by atoms with Crippen molar-refractivity contribution in [2.45, 2.75) is 24.2 Å². The molecule has 1 fully saturated rings. The predicted molar refractivity (Wildman–Crippen MR) is 110 cm³/mol. The molecule has 146 valence electrons. The zero-order valence-corrected chi connectivity index (χ0v) is 16.6. The lowest BCUT2D eigenvalue weighted by Crippen LogP contribution is -2.35. The van der Waals surface area contributed by atoms with Crippen molar-refractivity contribution in [3.05, 3.63) is 58.9 Å². The second-order valence-corrected chi connectivity index (χ2v) is 9.53. The molecule has 1 aromatic heterocycles. The second-order valence-electron chi connectivity index (χ2n) is 6.61. The molecular weight excluding hydrogens is 398 g/mol. The molecule has 1 aliphatic rings. The number of hydrogen-bond acceptors (Lipinski definition) is 5. The van der Waals surface area contributed by atoms with Crippen LogP contribution in [-0.2, 0) is 10.0 Å². The predicted octanol–water partition coefficient (Wildman–Crippen LogP) is 3.32. The number of nitrogens with one attached hydrogen (secondary N) is 1. The summed E-state index contributed by atoms with van der Waals surface area (Å²) in [5.74, 6) is 0. The molecule has 0 unspecified atom stereocenters. The van der Waals surface area contributed by atoms with Crippen molar-refractivity contribution in [3.8, 4) is 0 Å². The van der Waals surface area contributed by atoms with Crippen LogP contribution < -0.4 is 10.9 Å². The summed E-state index contributed by atoms with van der Waals surface area (Å²) in [7, 11) is -3.52. The van der Waals surface area contributed by atoms with Gasteiger partial charge >= 0.3 is 6.03 Å². The molecule has 0 radical (unpaired) electrons. The standard InChI is InChI=1S/C19H19N3O4S2/c23-18-16-6-2-3-7-17(16)27-22(18)19(24)20-14-8-10-15(11-9-14)28(25,26)21-12-4-1-5-13-21/h2-3,6-11H,1,4-5,12-13H2,(H,20,24). The average Bonchev–Trinajstić information content (AvgIpc) is 3.06. The Hall–Kier alpha value is -2.49. The number of sulfonamides is 1. The van der Waals surface area contributed by atoms with Crippen LogP contribution in [0, 0.1) is 0 Å². The SMILES string of the molecule is O=C(Nc1ccc(S(=O)(=O)N2CCCCC2)cc1)n1sc2ccccc2c1=O. The number of benzene rings is 2. The monoisotopic (exact) mass is 417 g/mol. The highest BCUT2D eigenvalue weighted by atomic mass is 32.2. The number of carbonyl (C=O) groups excluding carboxylic acids is 1. The third kappa shape index (κ3) is 3.48. The minimum absolute atomic E-state index is 0.200. The van der Waals surface area contributed by atoms with E-state index in [-0.39, 0.29) is 10.5 Å². The first-order valence-corrected chi connectivity index (χ1v) is 11.2. The molecule has 0 aliphatic carbocycles. The van der Waals surface area contributed by atoms with E-state index in [0.29, 0.717) is 24.2 Å². The van der Waals surface area contributed by atoms with E-state index < -0.39 is 16.1 Å². The number of hydrogen-bond donors (Lipinski definition) is 1. The fraction of sp³-hybridized carbons (Fsp3) is 0.263.